The van der Waals surface area contributed by atoms with Gasteiger partial charge in [-0.15, -0.1) is 12.4 Å². The Balaban J connectivity index is 0.00000144. The topological polar surface area (TPSA) is 24.9 Å². The van der Waals surface area contributed by atoms with Gasteiger partial charge in [-0.3, -0.25) is 0 Å². The summed E-state index contributed by atoms with van der Waals surface area (Å²) >= 11 is 0. The lowest BCUT2D eigenvalue weighted by molar-refractivity contribution is 1.08. The number of aromatic nitrogens is 1. The van der Waals surface area contributed by atoms with Crippen molar-refractivity contribution < 1.29 is 0 Å². The Hall–Kier alpha value is -1.54. The van der Waals surface area contributed by atoms with Gasteiger partial charge in [0.15, 0.2) is 0 Å². The number of nitrogens with zero attached hydrogens (tertiary/aromatic N) is 1. The molecule has 90 valence electrons. The first-order chi connectivity index (χ1) is 7.77. The van der Waals surface area contributed by atoms with Crippen LogP contribution >= 0.6 is 12.4 Å². The molecule has 3 heteroatoms. The van der Waals surface area contributed by atoms with Crippen LogP contribution < -0.4 is 5.32 Å². The molecule has 2 rings (SSSR count). The van der Waals surface area contributed by atoms with Crippen molar-refractivity contribution in [2.24, 2.45) is 0 Å². The van der Waals surface area contributed by atoms with Crippen molar-refractivity contribution >= 4 is 18.2 Å². The first-order valence-electron chi connectivity index (χ1n) is 5.47. The van der Waals surface area contributed by atoms with Gasteiger partial charge in [-0.1, -0.05) is 24.3 Å². The second-order valence-electron chi connectivity index (χ2n) is 3.93. The predicted molar refractivity (Wildman–Crippen MR) is 74.7 cm³/mol. The van der Waals surface area contributed by atoms with Gasteiger partial charge in [0.25, 0.3) is 0 Å². The fourth-order valence-corrected chi connectivity index (χ4v) is 1.66. The second kappa shape index (κ2) is 6.26. The largest absolute Gasteiger partial charge is 0.366 e. The molecule has 1 heterocycles. The van der Waals surface area contributed by atoms with Gasteiger partial charge in [-0.25, -0.2) is 4.98 Å². The van der Waals surface area contributed by atoms with Crippen LogP contribution in [0.4, 0.5) is 5.82 Å². The number of hydrogen-bond donors (Lipinski definition) is 1. The van der Waals surface area contributed by atoms with E-state index in [9.17, 15) is 0 Å². The highest BCUT2D eigenvalue weighted by Crippen LogP contribution is 2.14. The predicted octanol–water partition coefficient (Wildman–Crippen LogP) is 3.73. The molecule has 0 fully saturated rings. The lowest BCUT2D eigenvalue weighted by Gasteiger charge is -2.10. The Morgan fingerprint density at radius 1 is 1.06 bits per heavy atom. The lowest BCUT2D eigenvalue weighted by atomic mass is 10.0. The SMILES string of the molecule is Cc1cccc(CNc2ccccn2)c1C.Cl. The van der Waals surface area contributed by atoms with Crippen LogP contribution in [0.1, 0.15) is 16.7 Å². The van der Waals surface area contributed by atoms with E-state index in [0.29, 0.717) is 0 Å². The van der Waals surface area contributed by atoms with Crippen LogP contribution in [0.5, 0.6) is 0 Å². The smallest absolute Gasteiger partial charge is 0.126 e. The first-order valence-corrected chi connectivity index (χ1v) is 5.47. The fraction of sp³-hybridized carbons (Fsp3) is 0.214. The van der Waals surface area contributed by atoms with Crippen LogP contribution in [0, 0.1) is 13.8 Å². The molecule has 0 saturated carbocycles. The van der Waals surface area contributed by atoms with Gasteiger partial charge in [-0.2, -0.15) is 0 Å². The minimum Gasteiger partial charge on any atom is -0.366 e. The van der Waals surface area contributed by atoms with Crippen LogP contribution in [-0.4, -0.2) is 4.98 Å². The molecule has 0 atom stereocenters. The third-order valence-electron chi connectivity index (χ3n) is 2.84. The summed E-state index contributed by atoms with van der Waals surface area (Å²) in [5, 5.41) is 3.32. The number of aryl methyl sites for hydroxylation is 1. The van der Waals surface area contributed by atoms with Gasteiger partial charge in [0.1, 0.15) is 5.82 Å². The number of pyridine rings is 1. The second-order valence-corrected chi connectivity index (χ2v) is 3.93. The Morgan fingerprint density at radius 2 is 1.88 bits per heavy atom. The van der Waals surface area contributed by atoms with Crippen molar-refractivity contribution in [3.63, 3.8) is 0 Å². The normalized spacial score (nSPS) is 9.53. The van der Waals surface area contributed by atoms with Crippen molar-refractivity contribution in [1.82, 2.24) is 4.98 Å². The number of nitrogens with one attached hydrogen (secondary N) is 1. The highest BCUT2D eigenvalue weighted by molar-refractivity contribution is 5.85. The maximum atomic E-state index is 4.23. The van der Waals surface area contributed by atoms with Gasteiger partial charge in [0.05, 0.1) is 0 Å². The summed E-state index contributed by atoms with van der Waals surface area (Å²) in [6, 6.07) is 12.3. The van der Waals surface area contributed by atoms with E-state index in [1.165, 1.54) is 16.7 Å². The monoisotopic (exact) mass is 248 g/mol. The van der Waals surface area contributed by atoms with Crippen LogP contribution in [0.25, 0.3) is 0 Å². The van der Waals surface area contributed by atoms with Crippen molar-refractivity contribution in [3.8, 4) is 0 Å². The van der Waals surface area contributed by atoms with E-state index in [4.69, 9.17) is 0 Å². The Kier molecular flexibility index (Phi) is 4.98. The molecular weight excluding hydrogens is 232 g/mol. The van der Waals surface area contributed by atoms with Crippen molar-refractivity contribution in [3.05, 3.63) is 59.3 Å². The fourth-order valence-electron chi connectivity index (χ4n) is 1.66. The molecule has 0 radical (unpaired) electrons. The maximum Gasteiger partial charge on any atom is 0.126 e. The summed E-state index contributed by atoms with van der Waals surface area (Å²) in [7, 11) is 0. The van der Waals surface area contributed by atoms with Gasteiger partial charge < -0.3 is 5.32 Å². The van der Waals surface area contributed by atoms with E-state index in [1.54, 1.807) is 6.20 Å². The number of halogens is 1. The quantitative estimate of drug-likeness (QED) is 0.895. The molecule has 1 aromatic carbocycles. The van der Waals surface area contributed by atoms with Gasteiger partial charge in [0, 0.05) is 12.7 Å². The van der Waals surface area contributed by atoms with E-state index in [0.717, 1.165) is 12.4 Å². The summed E-state index contributed by atoms with van der Waals surface area (Å²) in [6.07, 6.45) is 1.80. The third-order valence-corrected chi connectivity index (χ3v) is 2.84. The average Bonchev–Trinajstić information content (AvgIpc) is 2.32. The number of anilines is 1. The molecule has 2 nitrogen and oxygen atoms in total. The van der Waals surface area contributed by atoms with E-state index in [1.807, 2.05) is 18.2 Å². The molecule has 0 aliphatic rings. The number of benzene rings is 1. The molecular formula is C14H17ClN2. The molecule has 0 unspecified atom stereocenters. The highest BCUT2D eigenvalue weighted by atomic mass is 35.5. The molecule has 17 heavy (non-hydrogen) atoms. The molecule has 1 aromatic heterocycles. The van der Waals surface area contributed by atoms with Gasteiger partial charge in [0.2, 0.25) is 0 Å². The zero-order chi connectivity index (χ0) is 11.4. The number of rotatable bonds is 3. The third kappa shape index (κ3) is 3.46. The zero-order valence-corrected chi connectivity index (χ0v) is 10.9. The lowest BCUT2D eigenvalue weighted by Crippen LogP contribution is -2.03. The highest BCUT2D eigenvalue weighted by Gasteiger charge is 2.00. The van der Waals surface area contributed by atoms with Crippen molar-refractivity contribution in [1.29, 1.82) is 0 Å². The van der Waals surface area contributed by atoms with Gasteiger partial charge in [-0.05, 0) is 42.7 Å². The standard InChI is InChI=1S/C14H16N2.ClH/c1-11-6-5-7-13(12(11)2)10-16-14-8-3-4-9-15-14;/h3-9H,10H2,1-2H3,(H,15,16);1H. The summed E-state index contributed by atoms with van der Waals surface area (Å²) in [5.74, 6) is 0.920. The molecule has 2 aromatic rings. The van der Waals surface area contributed by atoms with Gasteiger partial charge >= 0.3 is 0 Å². The molecule has 1 N–H and O–H groups in total. The molecule has 0 aliphatic carbocycles. The summed E-state index contributed by atoms with van der Waals surface area (Å²) < 4.78 is 0. The Bertz CT molecular complexity index is 469. The van der Waals surface area contributed by atoms with Crippen LogP contribution in [0.15, 0.2) is 42.6 Å². The molecule has 0 saturated heterocycles. The Morgan fingerprint density at radius 3 is 2.59 bits per heavy atom. The number of hydrogen-bond acceptors (Lipinski definition) is 2. The van der Waals surface area contributed by atoms with E-state index in [-0.39, 0.29) is 12.4 Å². The average molecular weight is 249 g/mol. The summed E-state index contributed by atoms with van der Waals surface area (Å²) in [6.45, 7) is 5.12. The summed E-state index contributed by atoms with van der Waals surface area (Å²) in [4.78, 5) is 4.23. The summed E-state index contributed by atoms with van der Waals surface area (Å²) in [5.41, 5.74) is 4.01. The van der Waals surface area contributed by atoms with Crippen LogP contribution in [0.2, 0.25) is 0 Å². The van der Waals surface area contributed by atoms with E-state index < -0.39 is 0 Å². The minimum absolute atomic E-state index is 0. The minimum atomic E-state index is 0. The van der Waals surface area contributed by atoms with E-state index in [2.05, 4.69) is 42.3 Å². The van der Waals surface area contributed by atoms with Crippen molar-refractivity contribution in [2.45, 2.75) is 20.4 Å². The van der Waals surface area contributed by atoms with Crippen LogP contribution in [0.3, 0.4) is 0 Å². The van der Waals surface area contributed by atoms with Crippen molar-refractivity contribution in [2.75, 3.05) is 5.32 Å². The maximum absolute atomic E-state index is 4.23. The molecule has 0 aliphatic heterocycles. The Labute approximate surface area is 109 Å². The van der Waals surface area contributed by atoms with E-state index >= 15 is 0 Å². The van der Waals surface area contributed by atoms with Crippen LogP contribution in [-0.2, 0) is 6.54 Å². The zero-order valence-electron chi connectivity index (χ0n) is 10.1. The molecule has 0 spiro atoms. The molecule has 0 bridgehead atoms. The first kappa shape index (κ1) is 13.5. The molecule has 0 amide bonds.